The molecule has 5 aliphatic rings. The number of aromatic hydroxyl groups is 1. The molecule has 1 saturated heterocycles. The molecular formula is C41H46N2O6. The number of amides is 1. The van der Waals surface area contributed by atoms with E-state index in [9.17, 15) is 19.5 Å². The van der Waals surface area contributed by atoms with Gasteiger partial charge in [-0.05, 0) is 69.7 Å². The van der Waals surface area contributed by atoms with E-state index in [2.05, 4.69) is 4.90 Å². The molecule has 1 amide bonds. The summed E-state index contributed by atoms with van der Waals surface area (Å²) < 4.78 is 12.8. The van der Waals surface area contributed by atoms with Crippen molar-refractivity contribution < 1.29 is 29.0 Å². The van der Waals surface area contributed by atoms with Gasteiger partial charge < -0.3 is 19.5 Å². The van der Waals surface area contributed by atoms with Crippen LogP contribution in [-0.4, -0.2) is 77.3 Å². The number of phenols is 1. The number of hydrogen-bond acceptors (Lipinski definition) is 7. The van der Waals surface area contributed by atoms with Gasteiger partial charge in [0.05, 0.1) is 19.7 Å². The Morgan fingerprint density at radius 3 is 2.33 bits per heavy atom. The molecule has 0 radical (unpaired) electrons. The molecule has 3 aromatic rings. The molecule has 8 heteroatoms. The topological polar surface area (TPSA) is 96.4 Å². The lowest BCUT2D eigenvalue weighted by atomic mass is 9.50. The smallest absolute Gasteiger partial charge is 0.223 e. The summed E-state index contributed by atoms with van der Waals surface area (Å²) in [5.74, 6) is 2.48. The first-order valence-electron chi connectivity index (χ1n) is 18.2. The molecule has 1 spiro atoms. The van der Waals surface area contributed by atoms with E-state index in [1.807, 2.05) is 53.4 Å². The number of ether oxygens (including phenoxy) is 2. The van der Waals surface area contributed by atoms with Crippen LogP contribution >= 0.6 is 0 Å². The average Bonchev–Trinajstić information content (AvgIpc) is 3.89. The number of benzene rings is 3. The summed E-state index contributed by atoms with van der Waals surface area (Å²) in [5.41, 5.74) is 2.93. The van der Waals surface area contributed by atoms with Crippen LogP contribution in [0.5, 0.6) is 17.2 Å². The summed E-state index contributed by atoms with van der Waals surface area (Å²) in [4.78, 5) is 45.4. The minimum absolute atomic E-state index is 0.0279. The van der Waals surface area contributed by atoms with Crippen LogP contribution in [0.15, 0.2) is 66.7 Å². The molecule has 0 aromatic heterocycles. The van der Waals surface area contributed by atoms with Gasteiger partial charge in [0.1, 0.15) is 11.9 Å². The van der Waals surface area contributed by atoms with Gasteiger partial charge in [0, 0.05) is 59.2 Å². The van der Waals surface area contributed by atoms with Crippen LogP contribution in [0, 0.1) is 11.8 Å². The lowest BCUT2D eigenvalue weighted by Gasteiger charge is -2.60. The molecule has 2 heterocycles. The molecule has 49 heavy (non-hydrogen) atoms. The van der Waals surface area contributed by atoms with E-state index in [0.29, 0.717) is 53.8 Å². The Morgan fingerprint density at radius 1 is 0.939 bits per heavy atom. The lowest BCUT2D eigenvalue weighted by molar-refractivity contribution is -0.142. The van der Waals surface area contributed by atoms with Gasteiger partial charge in [-0.25, -0.2) is 0 Å². The predicted octanol–water partition coefficient (Wildman–Crippen LogP) is 6.37. The van der Waals surface area contributed by atoms with E-state index in [4.69, 9.17) is 9.47 Å². The van der Waals surface area contributed by atoms with E-state index >= 15 is 0 Å². The number of piperidine rings is 1. The Labute approximate surface area is 288 Å². The quantitative estimate of drug-likeness (QED) is 0.168. The highest BCUT2D eigenvalue weighted by atomic mass is 16.5. The maximum Gasteiger partial charge on any atom is 0.223 e. The molecule has 2 saturated carbocycles. The molecule has 0 unspecified atom stereocenters. The fourth-order valence-electron chi connectivity index (χ4n) is 9.71. The SMILES string of the molecule is COc1cc(O)c2c3c1O[C@H]1[C@@H](N(CC(=O)c4ccccc4)C(=O)CCCCC(=O)c4ccccc4)CC[C@H]4[C@@H](C2)N(CC2CC2)CC[C@@]341. The van der Waals surface area contributed by atoms with Gasteiger partial charge >= 0.3 is 0 Å². The van der Waals surface area contributed by atoms with Crippen LogP contribution in [-0.2, 0) is 16.6 Å². The van der Waals surface area contributed by atoms with Gasteiger partial charge in [0.25, 0.3) is 0 Å². The Morgan fingerprint density at radius 2 is 1.63 bits per heavy atom. The number of ketones is 2. The highest BCUT2D eigenvalue weighted by molar-refractivity contribution is 5.99. The lowest BCUT2D eigenvalue weighted by Crippen LogP contribution is -2.69. The van der Waals surface area contributed by atoms with Gasteiger partial charge in [-0.3, -0.25) is 19.3 Å². The number of likely N-dealkylation sites (tertiary alicyclic amines) is 1. The molecule has 3 aromatic carbocycles. The van der Waals surface area contributed by atoms with Crippen molar-refractivity contribution in [2.45, 2.75) is 87.8 Å². The first kappa shape index (κ1) is 32.1. The maximum atomic E-state index is 14.3. The second-order valence-corrected chi connectivity index (χ2v) is 14.9. The van der Waals surface area contributed by atoms with E-state index < -0.39 is 0 Å². The largest absolute Gasteiger partial charge is 0.508 e. The molecule has 3 fully saturated rings. The highest BCUT2D eigenvalue weighted by Gasteiger charge is 2.67. The number of unbranched alkanes of at least 4 members (excludes halogenated alkanes) is 1. The summed E-state index contributed by atoms with van der Waals surface area (Å²) in [6.45, 7) is 2.03. The van der Waals surface area contributed by atoms with Crippen molar-refractivity contribution >= 4 is 17.5 Å². The molecule has 2 aliphatic heterocycles. The molecular weight excluding hydrogens is 616 g/mol. The van der Waals surface area contributed by atoms with Gasteiger partial charge in [0.2, 0.25) is 5.91 Å². The van der Waals surface area contributed by atoms with Crippen LogP contribution in [0.2, 0.25) is 0 Å². The Balaban J connectivity index is 1.10. The number of carbonyl (C=O) groups is 3. The normalized spacial score (nSPS) is 26.4. The van der Waals surface area contributed by atoms with Crippen molar-refractivity contribution in [3.63, 3.8) is 0 Å². The third-order valence-corrected chi connectivity index (χ3v) is 12.2. The number of hydrogen-bond donors (Lipinski definition) is 1. The third kappa shape index (κ3) is 5.62. The number of carbonyl (C=O) groups excluding carboxylic acids is 3. The molecule has 3 aliphatic carbocycles. The summed E-state index contributed by atoms with van der Waals surface area (Å²) in [6.07, 6.45) is 7.35. The molecule has 256 valence electrons. The Hall–Kier alpha value is -4.17. The Kier molecular flexibility index (Phi) is 8.47. The summed E-state index contributed by atoms with van der Waals surface area (Å²) in [5, 5.41) is 11.4. The zero-order chi connectivity index (χ0) is 33.7. The van der Waals surface area contributed by atoms with Gasteiger partial charge in [-0.15, -0.1) is 0 Å². The Bertz CT molecular complexity index is 1740. The standard InChI is InChI=1S/C41H46N2O6/c1-48-36-23-34(45)29-22-32-30-18-19-31(40-41(30,38(29)39(36)49-40)20-21-42(32)24-26-16-17-26)43(25-35(46)28-12-6-3-7-13-28)37(47)15-9-8-14-33(44)27-10-4-2-5-11-27/h2-7,10-13,23,26,30-32,40,45H,8-9,14-22,24-25H2,1H3/t30-,31-,32+,40-,41-/m0/s1. The van der Waals surface area contributed by atoms with Crippen molar-refractivity contribution in [1.82, 2.24) is 9.80 Å². The average molecular weight is 663 g/mol. The number of rotatable bonds is 13. The molecule has 2 bridgehead atoms. The first-order chi connectivity index (χ1) is 23.9. The zero-order valence-electron chi connectivity index (χ0n) is 28.3. The van der Waals surface area contributed by atoms with Crippen molar-refractivity contribution in [2.24, 2.45) is 11.8 Å². The first-order valence-corrected chi connectivity index (χ1v) is 18.2. The summed E-state index contributed by atoms with van der Waals surface area (Å²) in [6, 6.07) is 20.1. The van der Waals surface area contributed by atoms with Crippen molar-refractivity contribution in [2.75, 3.05) is 26.7 Å². The molecule has 5 atom stereocenters. The fourth-order valence-corrected chi connectivity index (χ4v) is 9.71. The van der Waals surface area contributed by atoms with Crippen LogP contribution in [0.3, 0.4) is 0 Å². The minimum atomic E-state index is -0.376. The van der Waals surface area contributed by atoms with Crippen LogP contribution in [0.25, 0.3) is 0 Å². The summed E-state index contributed by atoms with van der Waals surface area (Å²) >= 11 is 0. The van der Waals surface area contributed by atoms with Crippen molar-refractivity contribution in [3.05, 3.63) is 89.0 Å². The van der Waals surface area contributed by atoms with Gasteiger partial charge in [-0.1, -0.05) is 60.7 Å². The van der Waals surface area contributed by atoms with Crippen LogP contribution in [0.4, 0.5) is 0 Å². The maximum absolute atomic E-state index is 14.3. The van der Waals surface area contributed by atoms with E-state index in [0.717, 1.165) is 55.8 Å². The number of Topliss-reactive ketones (excluding diaryl/α,β-unsaturated/α-hetero) is 2. The molecule has 8 rings (SSSR count). The van der Waals surface area contributed by atoms with Gasteiger partial charge in [0.15, 0.2) is 23.1 Å². The van der Waals surface area contributed by atoms with Crippen LogP contribution in [0.1, 0.15) is 89.6 Å². The van der Waals surface area contributed by atoms with Crippen molar-refractivity contribution in [3.8, 4) is 17.2 Å². The second kappa shape index (κ2) is 12.9. The van der Waals surface area contributed by atoms with E-state index in [-0.39, 0.29) is 53.7 Å². The van der Waals surface area contributed by atoms with Gasteiger partial charge in [-0.2, -0.15) is 0 Å². The highest BCUT2D eigenvalue weighted by Crippen LogP contribution is 2.66. The third-order valence-electron chi connectivity index (χ3n) is 12.2. The minimum Gasteiger partial charge on any atom is -0.508 e. The predicted molar refractivity (Wildman–Crippen MR) is 185 cm³/mol. The van der Waals surface area contributed by atoms with E-state index in [1.54, 1.807) is 25.3 Å². The number of phenolic OH excluding ortho intramolecular Hbond substituents is 1. The molecule has 8 nitrogen and oxygen atoms in total. The van der Waals surface area contributed by atoms with E-state index in [1.165, 1.54) is 12.8 Å². The van der Waals surface area contributed by atoms with Crippen molar-refractivity contribution in [1.29, 1.82) is 0 Å². The monoisotopic (exact) mass is 662 g/mol. The molecule has 1 N–H and O–H groups in total. The number of nitrogens with zero attached hydrogens (tertiary/aromatic N) is 2. The summed E-state index contributed by atoms with van der Waals surface area (Å²) in [7, 11) is 1.61. The number of methoxy groups -OCH3 is 1. The fraction of sp³-hybridized carbons (Fsp3) is 0.488. The second-order valence-electron chi connectivity index (χ2n) is 14.9. The zero-order valence-corrected chi connectivity index (χ0v) is 28.3. The van der Waals surface area contributed by atoms with Crippen LogP contribution < -0.4 is 9.47 Å².